The van der Waals surface area contributed by atoms with Crippen molar-refractivity contribution in [2.45, 2.75) is 20.8 Å². The molecule has 0 radical (unpaired) electrons. The molecule has 1 nitrogen and oxygen atoms in total. The molecule has 68 valence electrons. The highest BCUT2D eigenvalue weighted by Gasteiger charge is 1.80. The molecule has 0 spiro atoms. The molecular weight excluding hydrogens is 146 g/mol. The van der Waals surface area contributed by atoms with Crippen molar-refractivity contribution in [2.24, 2.45) is 0 Å². The van der Waals surface area contributed by atoms with Crippen LogP contribution in [0.3, 0.4) is 0 Å². The third-order valence-electron chi connectivity index (χ3n) is 1.08. The predicted octanol–water partition coefficient (Wildman–Crippen LogP) is 3.41. The Morgan fingerprint density at radius 3 is 1.58 bits per heavy atom. The second kappa shape index (κ2) is 9.76. The molecule has 0 saturated carbocycles. The molecule has 0 heterocycles. The highest BCUT2D eigenvalue weighted by molar-refractivity contribution is 5.38. The van der Waals surface area contributed by atoms with Crippen LogP contribution in [0, 0.1) is 6.92 Å². The SMILES string of the molecule is C=C.CC.Cc1ccc(N)cc1. The first-order valence-corrected chi connectivity index (χ1v) is 4.11. The summed E-state index contributed by atoms with van der Waals surface area (Å²) < 4.78 is 0. The summed E-state index contributed by atoms with van der Waals surface area (Å²) >= 11 is 0. The van der Waals surface area contributed by atoms with Crippen LogP contribution in [-0.2, 0) is 0 Å². The summed E-state index contributed by atoms with van der Waals surface area (Å²) in [4.78, 5) is 0. The first kappa shape index (κ1) is 13.4. The van der Waals surface area contributed by atoms with E-state index in [4.69, 9.17) is 5.73 Å². The van der Waals surface area contributed by atoms with Gasteiger partial charge in [-0.15, -0.1) is 13.2 Å². The van der Waals surface area contributed by atoms with Crippen LogP contribution in [-0.4, -0.2) is 0 Å². The average molecular weight is 165 g/mol. The third-order valence-corrected chi connectivity index (χ3v) is 1.08. The van der Waals surface area contributed by atoms with Gasteiger partial charge in [-0.2, -0.15) is 0 Å². The fourth-order valence-corrected chi connectivity index (χ4v) is 0.566. The minimum Gasteiger partial charge on any atom is -0.399 e. The molecule has 0 bridgehead atoms. The topological polar surface area (TPSA) is 26.0 Å². The summed E-state index contributed by atoms with van der Waals surface area (Å²) in [6, 6.07) is 7.79. The summed E-state index contributed by atoms with van der Waals surface area (Å²) in [6.07, 6.45) is 0. The highest BCUT2D eigenvalue weighted by atomic mass is 14.5. The fourth-order valence-electron chi connectivity index (χ4n) is 0.566. The van der Waals surface area contributed by atoms with E-state index in [9.17, 15) is 0 Å². The van der Waals surface area contributed by atoms with Gasteiger partial charge in [0.15, 0.2) is 0 Å². The van der Waals surface area contributed by atoms with Crippen LogP contribution in [0.5, 0.6) is 0 Å². The van der Waals surface area contributed by atoms with Crippen molar-refractivity contribution in [3.05, 3.63) is 43.0 Å². The molecule has 2 N–H and O–H groups in total. The molecule has 1 heteroatoms. The van der Waals surface area contributed by atoms with Crippen molar-refractivity contribution < 1.29 is 0 Å². The smallest absolute Gasteiger partial charge is 0.0314 e. The van der Waals surface area contributed by atoms with Crippen molar-refractivity contribution in [3.63, 3.8) is 0 Å². The lowest BCUT2D eigenvalue weighted by molar-refractivity contribution is 1.47. The van der Waals surface area contributed by atoms with Crippen molar-refractivity contribution >= 4 is 5.69 Å². The van der Waals surface area contributed by atoms with Crippen LogP contribution < -0.4 is 5.73 Å². The summed E-state index contributed by atoms with van der Waals surface area (Å²) in [7, 11) is 0. The lowest BCUT2D eigenvalue weighted by Gasteiger charge is -1.90. The minimum absolute atomic E-state index is 0.829. The zero-order valence-electron chi connectivity index (χ0n) is 8.30. The zero-order valence-corrected chi connectivity index (χ0v) is 8.30. The number of anilines is 1. The number of hydrogen-bond donors (Lipinski definition) is 1. The lowest BCUT2D eigenvalue weighted by atomic mass is 10.2. The maximum absolute atomic E-state index is 5.43. The second-order valence-corrected chi connectivity index (χ2v) is 1.91. The summed E-state index contributed by atoms with van der Waals surface area (Å²) in [5, 5.41) is 0. The Labute approximate surface area is 75.9 Å². The molecule has 1 aromatic rings. The Kier molecular flexibility index (Phi) is 10.9. The first-order chi connectivity index (χ1) is 5.79. The van der Waals surface area contributed by atoms with Crippen LogP contribution in [0.1, 0.15) is 19.4 Å². The van der Waals surface area contributed by atoms with Crippen LogP contribution in [0.15, 0.2) is 37.4 Å². The number of nitrogens with two attached hydrogens (primary N) is 1. The van der Waals surface area contributed by atoms with E-state index in [1.54, 1.807) is 0 Å². The standard InChI is InChI=1S/C7H9N.C2H6.C2H4/c1-6-2-4-7(8)5-3-6;2*1-2/h2-5H,8H2,1H3;1-2H3;1-2H2. The quantitative estimate of drug-likeness (QED) is 0.462. The highest BCUT2D eigenvalue weighted by Crippen LogP contribution is 2.02. The van der Waals surface area contributed by atoms with E-state index in [2.05, 4.69) is 13.2 Å². The lowest BCUT2D eigenvalue weighted by Crippen LogP contribution is -1.81. The molecular formula is C11H19N. The molecule has 1 rings (SSSR count). The normalized spacial score (nSPS) is 6.92. The van der Waals surface area contributed by atoms with E-state index in [1.165, 1.54) is 5.56 Å². The van der Waals surface area contributed by atoms with Crippen molar-refractivity contribution in [1.82, 2.24) is 0 Å². The van der Waals surface area contributed by atoms with Gasteiger partial charge >= 0.3 is 0 Å². The van der Waals surface area contributed by atoms with Crippen LogP contribution in [0.2, 0.25) is 0 Å². The van der Waals surface area contributed by atoms with Gasteiger partial charge in [0.2, 0.25) is 0 Å². The minimum atomic E-state index is 0.829. The van der Waals surface area contributed by atoms with E-state index in [0.717, 1.165) is 5.69 Å². The van der Waals surface area contributed by atoms with Gasteiger partial charge in [-0.25, -0.2) is 0 Å². The molecule has 0 unspecified atom stereocenters. The maximum atomic E-state index is 5.43. The number of benzene rings is 1. The Morgan fingerprint density at radius 1 is 1.00 bits per heavy atom. The number of nitrogen functional groups attached to an aromatic ring is 1. The molecule has 0 saturated heterocycles. The van der Waals surface area contributed by atoms with Crippen LogP contribution in [0.25, 0.3) is 0 Å². The Bertz CT molecular complexity index is 156. The van der Waals surface area contributed by atoms with Crippen molar-refractivity contribution in [3.8, 4) is 0 Å². The van der Waals surface area contributed by atoms with E-state index < -0.39 is 0 Å². The van der Waals surface area contributed by atoms with Crippen LogP contribution in [0.4, 0.5) is 5.69 Å². The molecule has 0 fully saturated rings. The Balaban J connectivity index is 0. The van der Waals surface area contributed by atoms with Crippen LogP contribution >= 0.6 is 0 Å². The van der Waals surface area contributed by atoms with Crippen molar-refractivity contribution in [1.29, 1.82) is 0 Å². The molecule has 0 aliphatic carbocycles. The summed E-state index contributed by atoms with van der Waals surface area (Å²) in [5.74, 6) is 0. The molecule has 0 amide bonds. The first-order valence-electron chi connectivity index (χ1n) is 4.11. The van der Waals surface area contributed by atoms with Crippen molar-refractivity contribution in [2.75, 3.05) is 5.73 Å². The average Bonchev–Trinajstić information content (AvgIpc) is 2.17. The third kappa shape index (κ3) is 6.87. The van der Waals surface area contributed by atoms with Gasteiger partial charge in [-0.1, -0.05) is 31.5 Å². The fraction of sp³-hybridized carbons (Fsp3) is 0.273. The van der Waals surface area contributed by atoms with E-state index >= 15 is 0 Å². The van der Waals surface area contributed by atoms with Gasteiger partial charge in [-0.3, -0.25) is 0 Å². The number of rotatable bonds is 0. The van der Waals surface area contributed by atoms with E-state index in [0.29, 0.717) is 0 Å². The van der Waals surface area contributed by atoms with Gasteiger partial charge in [0.05, 0.1) is 0 Å². The predicted molar refractivity (Wildman–Crippen MR) is 58.2 cm³/mol. The van der Waals surface area contributed by atoms with E-state index in [-0.39, 0.29) is 0 Å². The van der Waals surface area contributed by atoms with Gasteiger partial charge in [0, 0.05) is 5.69 Å². The molecule has 0 aliphatic rings. The van der Waals surface area contributed by atoms with Gasteiger partial charge in [0.1, 0.15) is 0 Å². The van der Waals surface area contributed by atoms with Gasteiger partial charge in [0.25, 0.3) is 0 Å². The Morgan fingerprint density at radius 2 is 1.33 bits per heavy atom. The largest absolute Gasteiger partial charge is 0.399 e. The number of hydrogen-bond acceptors (Lipinski definition) is 1. The van der Waals surface area contributed by atoms with Gasteiger partial charge < -0.3 is 5.73 Å². The monoisotopic (exact) mass is 165 g/mol. The molecule has 0 aromatic heterocycles. The molecule has 0 atom stereocenters. The maximum Gasteiger partial charge on any atom is 0.0314 e. The second-order valence-electron chi connectivity index (χ2n) is 1.91. The van der Waals surface area contributed by atoms with E-state index in [1.807, 2.05) is 45.0 Å². The number of aryl methyl sites for hydroxylation is 1. The molecule has 1 aromatic carbocycles. The summed E-state index contributed by atoms with van der Waals surface area (Å²) in [5.41, 5.74) is 7.51. The van der Waals surface area contributed by atoms with Gasteiger partial charge in [-0.05, 0) is 19.1 Å². The molecule has 0 aliphatic heterocycles. The summed E-state index contributed by atoms with van der Waals surface area (Å²) in [6.45, 7) is 12.0. The molecule has 12 heavy (non-hydrogen) atoms. The Hall–Kier alpha value is -1.24. The zero-order chi connectivity index (χ0) is 9.98.